The van der Waals surface area contributed by atoms with Crippen molar-refractivity contribution in [2.45, 2.75) is 64.8 Å². The molecule has 32 heavy (non-hydrogen) atoms. The van der Waals surface area contributed by atoms with Crippen LogP contribution in [0.3, 0.4) is 0 Å². The number of fused-ring (bicyclic) bond motifs is 1. The van der Waals surface area contributed by atoms with Gasteiger partial charge in [0.2, 0.25) is 0 Å². The molecule has 1 aliphatic carbocycles. The third kappa shape index (κ3) is 5.61. The minimum Gasteiger partial charge on any atom is -0.301 e. The molecule has 1 aliphatic heterocycles. The van der Waals surface area contributed by atoms with Crippen molar-refractivity contribution in [3.8, 4) is 6.07 Å². The molecule has 0 spiro atoms. The number of aryl methyl sites for hydroxylation is 2. The fourth-order valence-corrected chi connectivity index (χ4v) is 5.72. The van der Waals surface area contributed by atoms with E-state index in [-0.39, 0.29) is 0 Å². The van der Waals surface area contributed by atoms with Gasteiger partial charge in [-0.3, -0.25) is 4.90 Å². The van der Waals surface area contributed by atoms with E-state index < -0.39 is 0 Å². The summed E-state index contributed by atoms with van der Waals surface area (Å²) in [6, 6.07) is 18.3. The molecule has 0 bridgehead atoms. The topological polar surface area (TPSA) is 30.3 Å². The van der Waals surface area contributed by atoms with Crippen molar-refractivity contribution in [3.05, 3.63) is 70.3 Å². The lowest BCUT2D eigenvalue weighted by Crippen LogP contribution is -2.49. The molecule has 0 amide bonds. The molecule has 2 aliphatic rings. The lowest BCUT2D eigenvalue weighted by Gasteiger charge is -2.41. The van der Waals surface area contributed by atoms with Crippen molar-refractivity contribution in [3.63, 3.8) is 0 Å². The van der Waals surface area contributed by atoms with Crippen LogP contribution in [0.15, 0.2) is 42.5 Å². The molecular weight excluding hydrogens is 390 g/mol. The van der Waals surface area contributed by atoms with Crippen molar-refractivity contribution in [1.82, 2.24) is 9.80 Å². The van der Waals surface area contributed by atoms with Crippen molar-refractivity contribution >= 4 is 0 Å². The number of benzene rings is 2. The van der Waals surface area contributed by atoms with Crippen molar-refractivity contribution in [2.75, 3.05) is 32.7 Å². The normalized spacial score (nSPS) is 20.5. The van der Waals surface area contributed by atoms with Gasteiger partial charge in [-0.1, -0.05) is 62.6 Å². The Hall–Kier alpha value is -2.15. The minimum absolute atomic E-state index is 0.483. The zero-order valence-corrected chi connectivity index (χ0v) is 20.0. The Bertz CT molecular complexity index is 920. The number of nitrogens with zero attached hydrogens (tertiary/aromatic N) is 3. The van der Waals surface area contributed by atoms with Crippen LogP contribution in [0.2, 0.25) is 0 Å². The lowest BCUT2D eigenvalue weighted by atomic mass is 9.83. The van der Waals surface area contributed by atoms with Crippen LogP contribution >= 0.6 is 0 Å². The van der Waals surface area contributed by atoms with Crippen LogP contribution in [-0.4, -0.2) is 42.5 Å². The second-order valence-corrected chi connectivity index (χ2v) is 9.91. The van der Waals surface area contributed by atoms with E-state index in [1.807, 2.05) is 6.07 Å². The minimum atomic E-state index is 0.483. The summed E-state index contributed by atoms with van der Waals surface area (Å²) in [6.07, 6.45) is 8.90. The summed E-state index contributed by atoms with van der Waals surface area (Å²) in [5, 5.41) is 9.32. The standard InChI is InChI=1S/C29H39N3/c1-3-4-5-10-29(27-13-14-28(21-30)23(2)19-27)32-17-15-31(16-18-32)22-24-11-12-25-8-6-7-9-26(25)20-24/h6-9,13-14,19,24,29H,3-5,10-12,15-18,20,22H2,1-2H3. The number of hydrogen-bond donors (Lipinski definition) is 0. The van der Waals surface area contributed by atoms with E-state index in [1.54, 1.807) is 11.1 Å². The quantitative estimate of drug-likeness (QED) is 0.489. The highest BCUT2D eigenvalue weighted by molar-refractivity contribution is 5.40. The predicted octanol–water partition coefficient (Wildman–Crippen LogP) is 5.91. The first-order chi connectivity index (χ1) is 15.7. The molecule has 0 radical (unpaired) electrons. The molecule has 4 rings (SSSR count). The summed E-state index contributed by atoms with van der Waals surface area (Å²) in [4.78, 5) is 5.42. The SMILES string of the molecule is CCCCCC(c1ccc(C#N)c(C)c1)N1CCN(CC2CCc3ccccc3C2)CC1. The van der Waals surface area contributed by atoms with Crippen molar-refractivity contribution in [1.29, 1.82) is 5.26 Å². The van der Waals surface area contributed by atoms with Gasteiger partial charge < -0.3 is 4.90 Å². The number of rotatable bonds is 8. The third-order valence-corrected chi connectivity index (χ3v) is 7.65. The number of hydrogen-bond acceptors (Lipinski definition) is 3. The molecular formula is C29H39N3. The van der Waals surface area contributed by atoms with E-state index in [1.165, 1.54) is 70.1 Å². The fraction of sp³-hybridized carbons (Fsp3) is 0.552. The van der Waals surface area contributed by atoms with Gasteiger partial charge >= 0.3 is 0 Å². The Balaban J connectivity index is 1.36. The molecule has 0 N–H and O–H groups in total. The van der Waals surface area contributed by atoms with Crippen LogP contribution in [0.1, 0.15) is 72.9 Å². The van der Waals surface area contributed by atoms with Gasteiger partial charge in [0.25, 0.3) is 0 Å². The smallest absolute Gasteiger partial charge is 0.0994 e. The maximum Gasteiger partial charge on any atom is 0.0994 e. The largest absolute Gasteiger partial charge is 0.301 e. The fourth-order valence-electron chi connectivity index (χ4n) is 5.72. The Morgan fingerprint density at radius 1 is 1.03 bits per heavy atom. The summed E-state index contributed by atoms with van der Waals surface area (Å²) in [7, 11) is 0. The molecule has 0 aromatic heterocycles. The molecule has 3 nitrogen and oxygen atoms in total. The molecule has 1 saturated heterocycles. The number of piperazine rings is 1. The van der Waals surface area contributed by atoms with Gasteiger partial charge in [-0.15, -0.1) is 0 Å². The Morgan fingerprint density at radius 2 is 1.81 bits per heavy atom. The first-order valence-corrected chi connectivity index (χ1v) is 12.7. The van der Waals surface area contributed by atoms with E-state index in [9.17, 15) is 5.26 Å². The summed E-state index contributed by atoms with van der Waals surface area (Å²) < 4.78 is 0. The van der Waals surface area contributed by atoms with Gasteiger partial charge in [0, 0.05) is 38.8 Å². The van der Waals surface area contributed by atoms with Gasteiger partial charge in [0.15, 0.2) is 0 Å². The first kappa shape index (κ1) is 23.0. The van der Waals surface area contributed by atoms with Gasteiger partial charge in [-0.25, -0.2) is 0 Å². The molecule has 170 valence electrons. The van der Waals surface area contributed by atoms with Crippen LogP contribution in [-0.2, 0) is 12.8 Å². The van der Waals surface area contributed by atoms with Crippen LogP contribution in [0, 0.1) is 24.2 Å². The zero-order chi connectivity index (χ0) is 22.3. The summed E-state index contributed by atoms with van der Waals surface area (Å²) >= 11 is 0. The number of unbranched alkanes of at least 4 members (excludes halogenated alkanes) is 2. The second-order valence-electron chi connectivity index (χ2n) is 9.91. The maximum atomic E-state index is 9.32. The second kappa shape index (κ2) is 11.1. The highest BCUT2D eigenvalue weighted by Crippen LogP contribution is 2.30. The molecule has 2 unspecified atom stereocenters. The Kier molecular flexibility index (Phi) is 8.00. The molecule has 0 saturated carbocycles. The number of nitriles is 1. The summed E-state index contributed by atoms with van der Waals surface area (Å²) in [6.45, 7) is 10.3. The van der Waals surface area contributed by atoms with Crippen LogP contribution < -0.4 is 0 Å². The Morgan fingerprint density at radius 3 is 2.53 bits per heavy atom. The Labute approximate surface area is 195 Å². The molecule has 2 aromatic rings. The first-order valence-electron chi connectivity index (χ1n) is 12.7. The van der Waals surface area contributed by atoms with Gasteiger partial charge in [-0.2, -0.15) is 5.26 Å². The molecule has 2 aromatic carbocycles. The molecule has 1 fully saturated rings. The average molecular weight is 430 g/mol. The monoisotopic (exact) mass is 429 g/mol. The molecule has 2 atom stereocenters. The predicted molar refractivity (Wildman–Crippen MR) is 133 cm³/mol. The third-order valence-electron chi connectivity index (χ3n) is 7.65. The zero-order valence-electron chi connectivity index (χ0n) is 20.0. The highest BCUT2D eigenvalue weighted by Gasteiger charge is 2.27. The van der Waals surface area contributed by atoms with Gasteiger partial charge in [0.05, 0.1) is 11.6 Å². The lowest BCUT2D eigenvalue weighted by molar-refractivity contribution is 0.0793. The highest BCUT2D eigenvalue weighted by atomic mass is 15.3. The van der Waals surface area contributed by atoms with Crippen LogP contribution in [0.4, 0.5) is 0 Å². The van der Waals surface area contributed by atoms with E-state index in [2.05, 4.69) is 66.1 Å². The van der Waals surface area contributed by atoms with E-state index in [0.717, 1.165) is 30.1 Å². The average Bonchev–Trinajstić information content (AvgIpc) is 2.82. The summed E-state index contributed by atoms with van der Waals surface area (Å²) in [5.41, 5.74) is 6.47. The van der Waals surface area contributed by atoms with E-state index in [4.69, 9.17) is 0 Å². The van der Waals surface area contributed by atoms with Crippen LogP contribution in [0.5, 0.6) is 0 Å². The van der Waals surface area contributed by atoms with Gasteiger partial charge in [0.1, 0.15) is 0 Å². The molecule has 3 heteroatoms. The summed E-state index contributed by atoms with van der Waals surface area (Å²) in [5.74, 6) is 0.804. The van der Waals surface area contributed by atoms with E-state index >= 15 is 0 Å². The maximum absolute atomic E-state index is 9.32. The van der Waals surface area contributed by atoms with Crippen LogP contribution in [0.25, 0.3) is 0 Å². The van der Waals surface area contributed by atoms with Crippen molar-refractivity contribution in [2.24, 2.45) is 5.92 Å². The van der Waals surface area contributed by atoms with Crippen molar-refractivity contribution < 1.29 is 0 Å². The molecule has 1 heterocycles. The van der Waals surface area contributed by atoms with E-state index in [0.29, 0.717) is 6.04 Å². The van der Waals surface area contributed by atoms with Gasteiger partial charge in [-0.05, 0) is 66.8 Å².